The average Bonchev–Trinajstić information content (AvgIpc) is 2.90. The Morgan fingerprint density at radius 1 is 0.960 bits per heavy atom. The zero-order chi connectivity index (χ0) is 18.6. The summed E-state index contributed by atoms with van der Waals surface area (Å²) in [5.41, 5.74) is 0.906. The first-order chi connectivity index (χ1) is 11.7. The van der Waals surface area contributed by atoms with E-state index in [0.29, 0.717) is 17.5 Å². The van der Waals surface area contributed by atoms with Gasteiger partial charge in [0.05, 0.1) is 5.69 Å². The molecule has 0 aliphatic heterocycles. The van der Waals surface area contributed by atoms with E-state index < -0.39 is 11.9 Å². The Morgan fingerprint density at radius 2 is 1.52 bits per heavy atom. The van der Waals surface area contributed by atoms with Crippen LogP contribution in [0.15, 0.2) is 42.6 Å². The van der Waals surface area contributed by atoms with Crippen LogP contribution in [0.5, 0.6) is 0 Å². The number of nitrogens with zero attached hydrogens (tertiary/aromatic N) is 2. The Balaban J connectivity index is 2.38. The molecule has 0 saturated heterocycles. The van der Waals surface area contributed by atoms with Gasteiger partial charge in [-0.2, -0.15) is 13.2 Å². The van der Waals surface area contributed by atoms with Crippen LogP contribution >= 0.6 is 0 Å². The number of benzene rings is 1. The number of anilines is 1. The maximum absolute atomic E-state index is 13.5. The molecule has 0 bridgehead atoms. The van der Waals surface area contributed by atoms with Crippen molar-refractivity contribution in [2.75, 3.05) is 18.0 Å². The lowest BCUT2D eigenvalue weighted by atomic mass is 10.1. The van der Waals surface area contributed by atoms with Crippen molar-refractivity contribution in [2.24, 2.45) is 11.8 Å². The first-order valence-electron chi connectivity index (χ1n) is 8.73. The van der Waals surface area contributed by atoms with Crippen LogP contribution in [0.25, 0.3) is 0 Å². The van der Waals surface area contributed by atoms with Gasteiger partial charge in [-0.25, -0.2) is 0 Å². The molecule has 2 aromatic rings. The summed E-state index contributed by atoms with van der Waals surface area (Å²) in [7, 11) is 0. The van der Waals surface area contributed by atoms with Crippen LogP contribution in [0.3, 0.4) is 0 Å². The molecular weight excluding hydrogens is 325 g/mol. The second-order valence-corrected chi connectivity index (χ2v) is 7.39. The highest BCUT2D eigenvalue weighted by Gasteiger charge is 2.35. The highest BCUT2D eigenvalue weighted by Crippen LogP contribution is 2.34. The minimum Gasteiger partial charge on any atom is -0.370 e. The minimum atomic E-state index is -4.37. The third kappa shape index (κ3) is 5.55. The van der Waals surface area contributed by atoms with Crippen LogP contribution in [0.1, 0.15) is 39.0 Å². The second-order valence-electron chi connectivity index (χ2n) is 7.39. The quantitative estimate of drug-likeness (QED) is 0.623. The topological polar surface area (TPSA) is 8.17 Å². The lowest BCUT2D eigenvalue weighted by molar-refractivity contribution is -0.143. The van der Waals surface area contributed by atoms with Crippen molar-refractivity contribution < 1.29 is 13.2 Å². The second kappa shape index (κ2) is 7.98. The Hall–Kier alpha value is -1.91. The van der Waals surface area contributed by atoms with Gasteiger partial charge in [0.25, 0.3) is 0 Å². The fourth-order valence-electron chi connectivity index (χ4n) is 2.98. The molecule has 0 saturated carbocycles. The SMILES string of the molecule is CC(C)CN(CC(C)C)c1cc(C(F)(F)F)n(Cc2ccccc2)c1. The molecule has 0 N–H and O–H groups in total. The fourth-order valence-corrected chi connectivity index (χ4v) is 2.98. The van der Waals surface area contributed by atoms with E-state index in [0.717, 1.165) is 18.7 Å². The van der Waals surface area contributed by atoms with Crippen molar-refractivity contribution in [3.63, 3.8) is 0 Å². The minimum absolute atomic E-state index is 0.215. The molecular formula is C20H27F3N2. The normalized spacial score (nSPS) is 12.2. The molecule has 1 heterocycles. The molecule has 5 heteroatoms. The fraction of sp³-hybridized carbons (Fsp3) is 0.500. The molecule has 0 unspecified atom stereocenters. The van der Waals surface area contributed by atoms with Crippen LogP contribution in [0, 0.1) is 11.8 Å². The van der Waals surface area contributed by atoms with Crippen LogP contribution in [0.4, 0.5) is 18.9 Å². The van der Waals surface area contributed by atoms with Gasteiger partial charge in [-0.1, -0.05) is 58.0 Å². The summed E-state index contributed by atoms with van der Waals surface area (Å²) in [5.74, 6) is 0.760. The van der Waals surface area contributed by atoms with Gasteiger partial charge in [0.15, 0.2) is 0 Å². The molecule has 0 radical (unpaired) electrons. The van der Waals surface area contributed by atoms with Crippen molar-refractivity contribution in [1.82, 2.24) is 4.57 Å². The number of rotatable bonds is 7. The lowest BCUT2D eigenvalue weighted by Gasteiger charge is -2.27. The molecule has 0 amide bonds. The summed E-state index contributed by atoms with van der Waals surface area (Å²) < 4.78 is 41.9. The van der Waals surface area contributed by atoms with Crippen LogP contribution in [-0.2, 0) is 12.7 Å². The van der Waals surface area contributed by atoms with Crippen molar-refractivity contribution in [3.05, 3.63) is 53.9 Å². The third-order valence-electron chi connectivity index (χ3n) is 3.90. The van der Waals surface area contributed by atoms with E-state index in [1.54, 1.807) is 6.20 Å². The van der Waals surface area contributed by atoms with Crippen LogP contribution < -0.4 is 4.90 Å². The van der Waals surface area contributed by atoms with Crippen molar-refractivity contribution >= 4 is 5.69 Å². The van der Waals surface area contributed by atoms with E-state index in [1.807, 2.05) is 30.3 Å². The summed E-state index contributed by atoms with van der Waals surface area (Å²) in [6.07, 6.45) is -2.73. The summed E-state index contributed by atoms with van der Waals surface area (Å²) in [6.45, 7) is 10.0. The molecule has 2 nitrogen and oxygen atoms in total. The summed E-state index contributed by atoms with van der Waals surface area (Å²) >= 11 is 0. The number of aromatic nitrogens is 1. The van der Waals surface area contributed by atoms with Gasteiger partial charge in [-0.05, 0) is 23.5 Å². The zero-order valence-electron chi connectivity index (χ0n) is 15.3. The van der Waals surface area contributed by atoms with Gasteiger partial charge < -0.3 is 9.47 Å². The van der Waals surface area contributed by atoms with Gasteiger partial charge >= 0.3 is 6.18 Å². The number of hydrogen-bond acceptors (Lipinski definition) is 1. The van der Waals surface area contributed by atoms with E-state index in [4.69, 9.17) is 0 Å². The van der Waals surface area contributed by atoms with Gasteiger partial charge in [0.1, 0.15) is 5.69 Å². The standard InChI is InChI=1S/C20H27F3N2/c1-15(2)11-24(12-16(3)4)18-10-19(20(21,22)23)25(14-18)13-17-8-6-5-7-9-17/h5-10,14-16H,11-13H2,1-4H3. The number of alkyl halides is 3. The van der Waals surface area contributed by atoms with E-state index in [2.05, 4.69) is 32.6 Å². The van der Waals surface area contributed by atoms with E-state index >= 15 is 0 Å². The van der Waals surface area contributed by atoms with Gasteiger partial charge in [-0.15, -0.1) is 0 Å². The molecule has 0 atom stereocenters. The van der Waals surface area contributed by atoms with E-state index in [1.165, 1.54) is 10.6 Å². The molecule has 0 aliphatic carbocycles. The molecule has 0 aliphatic rings. The molecule has 0 fully saturated rings. The Morgan fingerprint density at radius 3 is 2.00 bits per heavy atom. The third-order valence-corrected chi connectivity index (χ3v) is 3.90. The van der Waals surface area contributed by atoms with Crippen molar-refractivity contribution in [2.45, 2.75) is 40.4 Å². The van der Waals surface area contributed by atoms with Crippen molar-refractivity contribution in [1.29, 1.82) is 0 Å². The van der Waals surface area contributed by atoms with Crippen LogP contribution in [0.2, 0.25) is 0 Å². The highest BCUT2D eigenvalue weighted by atomic mass is 19.4. The van der Waals surface area contributed by atoms with E-state index in [-0.39, 0.29) is 6.54 Å². The number of halogens is 3. The molecule has 1 aromatic heterocycles. The molecule has 2 rings (SSSR count). The number of hydrogen-bond donors (Lipinski definition) is 0. The summed E-state index contributed by atoms with van der Waals surface area (Å²) in [4.78, 5) is 2.06. The smallest absolute Gasteiger partial charge is 0.370 e. The first-order valence-corrected chi connectivity index (χ1v) is 8.73. The largest absolute Gasteiger partial charge is 0.431 e. The summed E-state index contributed by atoms with van der Waals surface area (Å²) in [6, 6.07) is 10.5. The van der Waals surface area contributed by atoms with Gasteiger partial charge in [-0.3, -0.25) is 0 Å². The monoisotopic (exact) mass is 352 g/mol. The van der Waals surface area contributed by atoms with E-state index in [9.17, 15) is 13.2 Å². The predicted molar refractivity (Wildman–Crippen MR) is 96.9 cm³/mol. The summed E-state index contributed by atoms with van der Waals surface area (Å²) in [5, 5.41) is 0. The molecule has 1 aromatic carbocycles. The maximum atomic E-state index is 13.5. The molecule has 0 spiro atoms. The maximum Gasteiger partial charge on any atom is 0.431 e. The highest BCUT2D eigenvalue weighted by molar-refractivity contribution is 5.48. The Labute approximate surface area is 148 Å². The predicted octanol–water partition coefficient (Wildman–Crippen LogP) is 5.67. The Kier molecular flexibility index (Phi) is 6.20. The lowest BCUT2D eigenvalue weighted by Crippen LogP contribution is -2.31. The first kappa shape index (κ1) is 19.4. The Bertz CT molecular complexity index is 647. The average molecular weight is 352 g/mol. The van der Waals surface area contributed by atoms with Gasteiger partial charge in [0.2, 0.25) is 0 Å². The van der Waals surface area contributed by atoms with Crippen molar-refractivity contribution in [3.8, 4) is 0 Å². The van der Waals surface area contributed by atoms with Gasteiger partial charge in [0, 0.05) is 25.8 Å². The van der Waals surface area contributed by atoms with Crippen LogP contribution in [-0.4, -0.2) is 17.7 Å². The zero-order valence-corrected chi connectivity index (χ0v) is 15.3. The molecule has 138 valence electrons. The molecule has 25 heavy (non-hydrogen) atoms.